The molecule has 1 unspecified atom stereocenters. The third kappa shape index (κ3) is 5.75. The van der Waals surface area contributed by atoms with E-state index in [1.54, 1.807) is 11.8 Å². The van der Waals surface area contributed by atoms with Crippen LogP contribution < -0.4 is 10.0 Å². The predicted molar refractivity (Wildman–Crippen MR) is 69.0 cm³/mol. The van der Waals surface area contributed by atoms with Gasteiger partial charge in [0.15, 0.2) is 0 Å². The van der Waals surface area contributed by atoms with Crippen LogP contribution in [0.4, 0.5) is 0 Å². The second-order valence-electron chi connectivity index (χ2n) is 3.73. The highest BCUT2D eigenvalue weighted by Gasteiger charge is 2.21. The van der Waals surface area contributed by atoms with Crippen LogP contribution in [0, 0.1) is 12.3 Å². The van der Waals surface area contributed by atoms with Crippen molar-refractivity contribution in [2.24, 2.45) is 0 Å². The molecule has 1 atom stereocenters. The Morgan fingerprint density at radius 2 is 2.38 bits per heavy atom. The van der Waals surface area contributed by atoms with E-state index >= 15 is 0 Å². The van der Waals surface area contributed by atoms with Crippen molar-refractivity contribution in [2.75, 3.05) is 30.3 Å². The molecule has 4 nitrogen and oxygen atoms in total. The lowest BCUT2D eigenvalue weighted by Gasteiger charge is -2.11. The van der Waals surface area contributed by atoms with E-state index in [1.807, 2.05) is 0 Å². The van der Waals surface area contributed by atoms with Crippen molar-refractivity contribution >= 4 is 21.8 Å². The largest absolute Gasteiger partial charge is 0.313 e. The van der Waals surface area contributed by atoms with Crippen LogP contribution in [0.2, 0.25) is 0 Å². The van der Waals surface area contributed by atoms with Gasteiger partial charge in [0.1, 0.15) is 0 Å². The molecule has 0 aliphatic carbocycles. The molecule has 0 radical (unpaired) electrons. The third-order valence-electron chi connectivity index (χ3n) is 2.34. The van der Waals surface area contributed by atoms with Crippen molar-refractivity contribution in [2.45, 2.75) is 18.9 Å². The van der Waals surface area contributed by atoms with Gasteiger partial charge < -0.3 is 5.32 Å². The summed E-state index contributed by atoms with van der Waals surface area (Å²) >= 11 is 1.56. The number of hydrogen-bond acceptors (Lipinski definition) is 4. The molecule has 0 amide bonds. The number of rotatable bonds is 7. The topological polar surface area (TPSA) is 58.2 Å². The van der Waals surface area contributed by atoms with Crippen LogP contribution in [-0.4, -0.2) is 44.8 Å². The van der Waals surface area contributed by atoms with E-state index in [1.165, 1.54) is 0 Å². The Balaban J connectivity index is 2.16. The highest BCUT2D eigenvalue weighted by molar-refractivity contribution is 7.99. The minimum Gasteiger partial charge on any atom is -0.313 e. The molecule has 1 aliphatic heterocycles. The first kappa shape index (κ1) is 13.8. The Morgan fingerprint density at radius 3 is 3.00 bits per heavy atom. The SMILES string of the molecule is C#CCSCCNS(=O)(=O)CC1CCCN1. The number of hydrogen-bond donors (Lipinski definition) is 2. The second kappa shape index (κ2) is 7.17. The normalized spacial score (nSPS) is 20.8. The van der Waals surface area contributed by atoms with Gasteiger partial charge in [0, 0.05) is 18.3 Å². The van der Waals surface area contributed by atoms with Crippen molar-refractivity contribution in [3.05, 3.63) is 0 Å². The van der Waals surface area contributed by atoms with Crippen molar-refractivity contribution < 1.29 is 8.42 Å². The smallest absolute Gasteiger partial charge is 0.213 e. The summed E-state index contributed by atoms with van der Waals surface area (Å²) in [5.41, 5.74) is 0. The highest BCUT2D eigenvalue weighted by atomic mass is 32.2. The minimum atomic E-state index is -3.13. The van der Waals surface area contributed by atoms with Crippen LogP contribution in [0.25, 0.3) is 0 Å². The summed E-state index contributed by atoms with van der Waals surface area (Å²) in [6.45, 7) is 1.39. The zero-order valence-electron chi connectivity index (χ0n) is 9.24. The van der Waals surface area contributed by atoms with Gasteiger partial charge >= 0.3 is 0 Å². The molecule has 0 bridgehead atoms. The zero-order chi connectivity index (χ0) is 11.9. The Labute approximate surface area is 102 Å². The van der Waals surface area contributed by atoms with Gasteiger partial charge in [-0.3, -0.25) is 0 Å². The maximum absolute atomic E-state index is 11.6. The summed E-state index contributed by atoms with van der Waals surface area (Å²) in [4.78, 5) is 0. The van der Waals surface area contributed by atoms with Crippen LogP contribution in [-0.2, 0) is 10.0 Å². The van der Waals surface area contributed by atoms with E-state index in [9.17, 15) is 8.42 Å². The lowest BCUT2D eigenvalue weighted by molar-refractivity contribution is 0.566. The van der Waals surface area contributed by atoms with Crippen molar-refractivity contribution in [1.82, 2.24) is 10.0 Å². The molecular formula is C10H18N2O2S2. The first-order chi connectivity index (χ1) is 7.64. The molecule has 1 heterocycles. The standard InChI is InChI=1S/C10H18N2O2S2/c1-2-7-15-8-6-12-16(13,14)9-10-4-3-5-11-10/h1,10-12H,3-9H2. The lowest BCUT2D eigenvalue weighted by Crippen LogP contribution is -2.37. The summed E-state index contributed by atoms with van der Waals surface area (Å²) < 4.78 is 25.8. The molecule has 16 heavy (non-hydrogen) atoms. The van der Waals surface area contributed by atoms with Gasteiger partial charge in [-0.1, -0.05) is 5.92 Å². The fourth-order valence-corrected chi connectivity index (χ4v) is 3.61. The number of thioether (sulfide) groups is 1. The average molecular weight is 262 g/mol. The van der Waals surface area contributed by atoms with Crippen molar-refractivity contribution in [3.63, 3.8) is 0 Å². The predicted octanol–water partition coefficient (Wildman–Crippen LogP) is 0.0242. The highest BCUT2D eigenvalue weighted by Crippen LogP contribution is 2.07. The molecule has 0 aromatic carbocycles. The van der Waals surface area contributed by atoms with E-state index in [0.29, 0.717) is 12.3 Å². The van der Waals surface area contributed by atoms with E-state index in [2.05, 4.69) is 16.0 Å². The van der Waals surface area contributed by atoms with Crippen molar-refractivity contribution in [3.8, 4) is 12.3 Å². The first-order valence-electron chi connectivity index (χ1n) is 5.36. The molecule has 1 aliphatic rings. The maximum Gasteiger partial charge on any atom is 0.213 e. The molecule has 1 rings (SSSR count). The molecule has 1 fully saturated rings. The van der Waals surface area contributed by atoms with E-state index in [-0.39, 0.29) is 11.8 Å². The molecule has 0 saturated carbocycles. The molecule has 1 saturated heterocycles. The van der Waals surface area contributed by atoms with Crippen molar-refractivity contribution in [1.29, 1.82) is 0 Å². The van der Waals surface area contributed by atoms with Crippen LogP contribution in [0.1, 0.15) is 12.8 Å². The number of sulfonamides is 1. The Kier molecular flexibility index (Phi) is 6.21. The summed E-state index contributed by atoms with van der Waals surface area (Å²) in [5.74, 6) is 4.04. The Hall–Kier alpha value is -0.220. The molecule has 0 aromatic heterocycles. The van der Waals surface area contributed by atoms with Gasteiger partial charge in [-0.25, -0.2) is 13.1 Å². The number of terminal acetylenes is 1. The summed E-state index contributed by atoms with van der Waals surface area (Å²) in [5, 5.41) is 3.17. The van der Waals surface area contributed by atoms with Crippen LogP contribution >= 0.6 is 11.8 Å². The van der Waals surface area contributed by atoms with Gasteiger partial charge in [-0.2, -0.15) is 0 Å². The number of nitrogens with one attached hydrogen (secondary N) is 2. The lowest BCUT2D eigenvalue weighted by atomic mass is 10.3. The first-order valence-corrected chi connectivity index (χ1v) is 8.16. The van der Waals surface area contributed by atoms with Gasteiger partial charge in [-0.15, -0.1) is 18.2 Å². The van der Waals surface area contributed by atoms with E-state index in [4.69, 9.17) is 6.42 Å². The fraction of sp³-hybridized carbons (Fsp3) is 0.800. The monoisotopic (exact) mass is 262 g/mol. The molecule has 92 valence electrons. The van der Waals surface area contributed by atoms with Gasteiger partial charge in [0.2, 0.25) is 10.0 Å². The van der Waals surface area contributed by atoms with E-state index in [0.717, 1.165) is 25.1 Å². The van der Waals surface area contributed by atoms with E-state index < -0.39 is 10.0 Å². The van der Waals surface area contributed by atoms with Gasteiger partial charge in [0.05, 0.1) is 11.5 Å². The third-order valence-corrected chi connectivity index (χ3v) is 4.69. The quantitative estimate of drug-likeness (QED) is 0.502. The Bertz CT molecular complexity index is 329. The summed E-state index contributed by atoms with van der Waals surface area (Å²) in [7, 11) is -3.13. The molecule has 0 aromatic rings. The molecule has 2 N–H and O–H groups in total. The summed E-state index contributed by atoms with van der Waals surface area (Å²) in [6.07, 6.45) is 7.11. The average Bonchev–Trinajstić information content (AvgIpc) is 2.69. The second-order valence-corrected chi connectivity index (χ2v) is 6.68. The van der Waals surface area contributed by atoms with Crippen LogP contribution in [0.5, 0.6) is 0 Å². The Morgan fingerprint density at radius 1 is 1.56 bits per heavy atom. The van der Waals surface area contributed by atoms with Gasteiger partial charge in [0.25, 0.3) is 0 Å². The molecule has 0 spiro atoms. The molecular weight excluding hydrogens is 244 g/mol. The zero-order valence-corrected chi connectivity index (χ0v) is 10.9. The maximum atomic E-state index is 11.6. The molecule has 6 heteroatoms. The van der Waals surface area contributed by atoms with Crippen LogP contribution in [0.15, 0.2) is 0 Å². The van der Waals surface area contributed by atoms with Gasteiger partial charge in [-0.05, 0) is 19.4 Å². The minimum absolute atomic E-state index is 0.121. The summed E-state index contributed by atoms with van der Waals surface area (Å²) in [6, 6.07) is 0.121. The fourth-order valence-electron chi connectivity index (χ4n) is 1.62. The van der Waals surface area contributed by atoms with Crippen LogP contribution in [0.3, 0.4) is 0 Å².